The molecule has 0 amide bonds. The summed E-state index contributed by atoms with van der Waals surface area (Å²) < 4.78 is 5.68. The van der Waals surface area contributed by atoms with Gasteiger partial charge in [0.15, 0.2) is 0 Å². The average molecular weight is 333 g/mol. The van der Waals surface area contributed by atoms with Crippen molar-refractivity contribution in [3.05, 3.63) is 38.7 Å². The number of benzene rings is 1. The molecule has 0 spiro atoms. The molecule has 2 aromatic rings. The Morgan fingerprint density at radius 1 is 1.10 bits per heavy atom. The van der Waals surface area contributed by atoms with Crippen molar-refractivity contribution in [2.45, 2.75) is 26.7 Å². The second-order valence-corrected chi connectivity index (χ2v) is 5.68. The summed E-state index contributed by atoms with van der Waals surface area (Å²) in [6.45, 7) is 5.99. The summed E-state index contributed by atoms with van der Waals surface area (Å²) in [6, 6.07) is 3.71. The predicted octanol–water partition coefficient (Wildman–Crippen LogP) is 5.06. The van der Waals surface area contributed by atoms with Crippen molar-refractivity contribution in [3.8, 4) is 11.6 Å². The Bertz CT molecular complexity index is 647. The molecule has 1 aromatic heterocycles. The largest absolute Gasteiger partial charge is 0.436 e. The third kappa shape index (κ3) is 3.32. The van der Waals surface area contributed by atoms with Gasteiger partial charge in [0.1, 0.15) is 5.75 Å². The number of nitrogens with zero attached hydrogens (tertiary/aromatic N) is 3. The first-order valence-corrected chi connectivity index (χ1v) is 7.05. The minimum absolute atomic E-state index is 0.0277. The van der Waals surface area contributed by atoms with Gasteiger partial charge in [-0.3, -0.25) is 0 Å². The molecule has 0 radical (unpaired) electrons. The van der Waals surface area contributed by atoms with Gasteiger partial charge in [0.25, 0.3) is 5.88 Å². The van der Waals surface area contributed by atoms with Gasteiger partial charge in [0.05, 0.1) is 0 Å². The van der Waals surface area contributed by atoms with Gasteiger partial charge in [-0.25, -0.2) is 0 Å². The second kappa shape index (κ2) is 6.12. The van der Waals surface area contributed by atoms with E-state index in [1.54, 1.807) is 0 Å². The van der Waals surface area contributed by atoms with Gasteiger partial charge >= 0.3 is 0 Å². The maximum absolute atomic E-state index is 6.22. The highest BCUT2D eigenvalue weighted by Gasteiger charge is 2.14. The summed E-state index contributed by atoms with van der Waals surface area (Å²) in [5.41, 5.74) is 1.85. The first-order valence-electron chi connectivity index (χ1n) is 5.92. The minimum atomic E-state index is -0.0277. The van der Waals surface area contributed by atoms with E-state index in [4.69, 9.17) is 39.5 Å². The third-order valence-electron chi connectivity index (χ3n) is 2.71. The summed E-state index contributed by atoms with van der Waals surface area (Å²) >= 11 is 17.8. The molecule has 1 heterocycles. The van der Waals surface area contributed by atoms with Gasteiger partial charge in [-0.15, -0.1) is 10.2 Å². The average Bonchev–Trinajstić information content (AvgIpc) is 2.36. The normalized spacial score (nSPS) is 10.9. The summed E-state index contributed by atoms with van der Waals surface area (Å²) in [7, 11) is 0. The summed E-state index contributed by atoms with van der Waals surface area (Å²) in [6.07, 6.45) is 0. The van der Waals surface area contributed by atoms with E-state index in [1.165, 1.54) is 0 Å². The SMILES string of the molecule is Cc1cc(Cl)c(C(C)C)cc1Oc1nc(Cl)nnc1Cl. The topological polar surface area (TPSA) is 47.9 Å². The molecular weight excluding hydrogens is 321 g/mol. The first kappa shape index (κ1) is 15.3. The van der Waals surface area contributed by atoms with E-state index in [2.05, 4.69) is 29.0 Å². The zero-order valence-corrected chi connectivity index (χ0v) is 13.4. The van der Waals surface area contributed by atoms with Crippen molar-refractivity contribution in [2.24, 2.45) is 0 Å². The molecule has 0 bridgehead atoms. The van der Waals surface area contributed by atoms with Gasteiger partial charge in [0.2, 0.25) is 10.4 Å². The zero-order chi connectivity index (χ0) is 14.9. The molecule has 2 rings (SSSR count). The van der Waals surface area contributed by atoms with Gasteiger partial charge in [-0.1, -0.05) is 37.0 Å². The molecule has 0 fully saturated rings. The van der Waals surface area contributed by atoms with Gasteiger partial charge in [0, 0.05) is 5.02 Å². The van der Waals surface area contributed by atoms with E-state index in [1.807, 2.05) is 19.1 Å². The Morgan fingerprint density at radius 2 is 1.80 bits per heavy atom. The van der Waals surface area contributed by atoms with E-state index < -0.39 is 0 Å². The number of halogens is 3. The number of ether oxygens (including phenoxy) is 1. The summed E-state index contributed by atoms with van der Waals surface area (Å²) in [5.74, 6) is 0.997. The minimum Gasteiger partial charge on any atom is -0.436 e. The lowest BCUT2D eigenvalue weighted by atomic mass is 10.0. The molecule has 0 unspecified atom stereocenters. The third-order valence-corrected chi connectivity index (χ3v) is 3.44. The maximum Gasteiger partial charge on any atom is 0.262 e. The monoisotopic (exact) mass is 331 g/mol. The van der Waals surface area contributed by atoms with Crippen molar-refractivity contribution in [1.82, 2.24) is 15.2 Å². The Morgan fingerprint density at radius 3 is 2.45 bits per heavy atom. The van der Waals surface area contributed by atoms with E-state index in [0.29, 0.717) is 10.8 Å². The van der Waals surface area contributed by atoms with Gasteiger partial charge < -0.3 is 4.74 Å². The van der Waals surface area contributed by atoms with Crippen molar-refractivity contribution in [1.29, 1.82) is 0 Å². The highest BCUT2D eigenvalue weighted by Crippen LogP contribution is 2.34. The Balaban J connectivity index is 2.43. The standard InChI is InChI=1S/C13H12Cl3N3O/c1-6(2)8-5-10(7(3)4-9(8)14)20-12-11(15)18-19-13(16)17-12/h4-6H,1-3H3. The number of rotatable bonds is 3. The molecule has 4 nitrogen and oxygen atoms in total. The number of aryl methyl sites for hydroxylation is 1. The van der Waals surface area contributed by atoms with Crippen LogP contribution in [0.1, 0.15) is 30.9 Å². The van der Waals surface area contributed by atoms with Crippen molar-refractivity contribution < 1.29 is 4.74 Å². The molecule has 0 saturated carbocycles. The molecule has 0 aliphatic heterocycles. The maximum atomic E-state index is 6.22. The number of hydrogen-bond acceptors (Lipinski definition) is 4. The van der Waals surface area contributed by atoms with Crippen molar-refractivity contribution >= 4 is 34.8 Å². The van der Waals surface area contributed by atoms with Crippen LogP contribution in [-0.4, -0.2) is 15.2 Å². The molecule has 0 saturated heterocycles. The Hall–Kier alpha value is -1.10. The molecule has 106 valence electrons. The number of aromatic nitrogens is 3. The zero-order valence-electron chi connectivity index (χ0n) is 11.1. The van der Waals surface area contributed by atoms with Crippen LogP contribution in [0.4, 0.5) is 0 Å². The van der Waals surface area contributed by atoms with Crippen LogP contribution in [0.5, 0.6) is 11.6 Å². The second-order valence-electron chi connectivity index (χ2n) is 4.57. The molecular formula is C13H12Cl3N3O. The lowest BCUT2D eigenvalue weighted by Crippen LogP contribution is -1.98. The lowest BCUT2D eigenvalue weighted by Gasteiger charge is -2.14. The Kier molecular flexibility index (Phi) is 4.68. The van der Waals surface area contributed by atoms with Gasteiger partial charge in [-0.2, -0.15) is 4.98 Å². The first-order chi connectivity index (χ1) is 9.38. The quantitative estimate of drug-likeness (QED) is 0.788. The van der Waals surface area contributed by atoms with Gasteiger partial charge in [-0.05, 0) is 47.7 Å². The van der Waals surface area contributed by atoms with E-state index >= 15 is 0 Å². The van der Waals surface area contributed by atoms with E-state index in [-0.39, 0.29) is 22.2 Å². The van der Waals surface area contributed by atoms with E-state index in [0.717, 1.165) is 11.1 Å². The van der Waals surface area contributed by atoms with Crippen LogP contribution in [0.25, 0.3) is 0 Å². The fourth-order valence-electron chi connectivity index (χ4n) is 1.67. The smallest absolute Gasteiger partial charge is 0.262 e. The Labute approximate surface area is 132 Å². The highest BCUT2D eigenvalue weighted by atomic mass is 35.5. The summed E-state index contributed by atoms with van der Waals surface area (Å²) in [4.78, 5) is 3.91. The van der Waals surface area contributed by atoms with E-state index in [9.17, 15) is 0 Å². The highest BCUT2D eigenvalue weighted by molar-refractivity contribution is 6.32. The molecule has 0 N–H and O–H groups in total. The lowest BCUT2D eigenvalue weighted by molar-refractivity contribution is 0.453. The molecule has 7 heteroatoms. The summed E-state index contributed by atoms with van der Waals surface area (Å²) in [5, 5.41) is 7.91. The van der Waals surface area contributed by atoms with Crippen LogP contribution in [0.15, 0.2) is 12.1 Å². The van der Waals surface area contributed by atoms with Crippen molar-refractivity contribution in [3.63, 3.8) is 0 Å². The molecule has 0 atom stereocenters. The van der Waals surface area contributed by atoms with Crippen LogP contribution in [0.2, 0.25) is 15.5 Å². The molecule has 20 heavy (non-hydrogen) atoms. The predicted molar refractivity (Wildman–Crippen MR) is 80.2 cm³/mol. The molecule has 0 aliphatic rings. The number of hydrogen-bond donors (Lipinski definition) is 0. The van der Waals surface area contributed by atoms with Crippen LogP contribution >= 0.6 is 34.8 Å². The van der Waals surface area contributed by atoms with Crippen molar-refractivity contribution in [2.75, 3.05) is 0 Å². The molecule has 0 aliphatic carbocycles. The van der Waals surface area contributed by atoms with Crippen LogP contribution < -0.4 is 4.74 Å². The van der Waals surface area contributed by atoms with Crippen LogP contribution in [-0.2, 0) is 0 Å². The van der Waals surface area contributed by atoms with Crippen LogP contribution in [0.3, 0.4) is 0 Å². The fourth-order valence-corrected chi connectivity index (χ4v) is 2.34. The fraction of sp³-hybridized carbons (Fsp3) is 0.308. The van der Waals surface area contributed by atoms with Crippen LogP contribution in [0, 0.1) is 6.92 Å². The molecule has 1 aromatic carbocycles.